The molecule has 226 valence electrons. The van der Waals surface area contributed by atoms with E-state index in [0.717, 1.165) is 17.4 Å². The Labute approximate surface area is 254 Å². The third-order valence-corrected chi connectivity index (χ3v) is 8.00. The SMILES string of the molecule is CCOc1ccc(N(CCCC(=O)N(Cc2ccc(Cl)cc2)[C@@H](Cc2ccccc2)C(=O)NC(C)C)S(C)(=O)=O)cc1. The Kier molecular flexibility index (Phi) is 12.2. The molecule has 0 heterocycles. The summed E-state index contributed by atoms with van der Waals surface area (Å²) in [5.41, 5.74) is 2.24. The lowest BCUT2D eigenvalue weighted by Crippen LogP contribution is -2.51. The predicted octanol–water partition coefficient (Wildman–Crippen LogP) is 5.45. The first kappa shape index (κ1) is 32.9. The van der Waals surface area contributed by atoms with Gasteiger partial charge < -0.3 is 15.0 Å². The Morgan fingerprint density at radius 2 is 1.57 bits per heavy atom. The zero-order chi connectivity index (χ0) is 30.7. The molecule has 0 fully saturated rings. The van der Waals surface area contributed by atoms with Crippen LogP contribution in [0.15, 0.2) is 78.9 Å². The molecule has 1 N–H and O–H groups in total. The van der Waals surface area contributed by atoms with E-state index in [2.05, 4.69) is 5.32 Å². The van der Waals surface area contributed by atoms with E-state index in [9.17, 15) is 18.0 Å². The van der Waals surface area contributed by atoms with Gasteiger partial charge in [0.1, 0.15) is 11.8 Å². The lowest BCUT2D eigenvalue weighted by atomic mass is 10.0. The molecular weight excluding hydrogens is 574 g/mol. The van der Waals surface area contributed by atoms with Gasteiger partial charge in [0.2, 0.25) is 21.8 Å². The van der Waals surface area contributed by atoms with Gasteiger partial charge in [-0.3, -0.25) is 13.9 Å². The topological polar surface area (TPSA) is 96.0 Å². The number of anilines is 1. The Morgan fingerprint density at radius 1 is 0.929 bits per heavy atom. The molecule has 0 saturated heterocycles. The van der Waals surface area contributed by atoms with Crippen LogP contribution in [0.4, 0.5) is 5.69 Å². The summed E-state index contributed by atoms with van der Waals surface area (Å²) in [5.74, 6) is 0.153. The van der Waals surface area contributed by atoms with E-state index in [1.54, 1.807) is 41.3 Å². The number of ether oxygens (including phenoxy) is 1. The monoisotopic (exact) mass is 613 g/mol. The fraction of sp³-hybridized carbons (Fsp3) is 0.375. The molecular formula is C32H40ClN3O5S. The van der Waals surface area contributed by atoms with E-state index in [0.29, 0.717) is 29.5 Å². The van der Waals surface area contributed by atoms with Gasteiger partial charge in [-0.25, -0.2) is 8.42 Å². The maximum absolute atomic E-state index is 13.9. The van der Waals surface area contributed by atoms with E-state index in [4.69, 9.17) is 16.3 Å². The first-order valence-corrected chi connectivity index (χ1v) is 16.3. The summed E-state index contributed by atoms with van der Waals surface area (Å²) < 4.78 is 32.1. The molecule has 0 bridgehead atoms. The van der Waals surface area contributed by atoms with Crippen molar-refractivity contribution in [2.75, 3.05) is 23.7 Å². The summed E-state index contributed by atoms with van der Waals surface area (Å²) in [4.78, 5) is 28.9. The van der Waals surface area contributed by atoms with Crippen molar-refractivity contribution in [3.8, 4) is 5.75 Å². The van der Waals surface area contributed by atoms with Crippen molar-refractivity contribution in [2.45, 2.75) is 58.7 Å². The fourth-order valence-corrected chi connectivity index (χ4v) is 5.69. The molecule has 2 amide bonds. The van der Waals surface area contributed by atoms with Gasteiger partial charge in [0, 0.05) is 37.0 Å². The maximum atomic E-state index is 13.9. The summed E-state index contributed by atoms with van der Waals surface area (Å²) in [6.07, 6.45) is 1.79. The molecule has 0 spiro atoms. The Bertz CT molecular complexity index is 1400. The van der Waals surface area contributed by atoms with Crippen LogP contribution in [0.1, 0.15) is 44.7 Å². The number of amides is 2. The van der Waals surface area contributed by atoms with Crippen LogP contribution < -0.4 is 14.4 Å². The van der Waals surface area contributed by atoms with Gasteiger partial charge in [0.15, 0.2) is 0 Å². The quantitative estimate of drug-likeness (QED) is 0.246. The first-order valence-electron chi connectivity index (χ1n) is 14.1. The highest BCUT2D eigenvalue weighted by Crippen LogP contribution is 2.23. The number of nitrogens with zero attached hydrogens (tertiary/aromatic N) is 2. The second-order valence-electron chi connectivity index (χ2n) is 10.4. The van der Waals surface area contributed by atoms with Crippen molar-refractivity contribution >= 4 is 39.1 Å². The summed E-state index contributed by atoms with van der Waals surface area (Å²) in [6.45, 7) is 6.45. The van der Waals surface area contributed by atoms with Crippen molar-refractivity contribution in [3.63, 3.8) is 0 Å². The zero-order valence-corrected chi connectivity index (χ0v) is 26.2. The maximum Gasteiger partial charge on any atom is 0.243 e. The van der Waals surface area contributed by atoms with E-state index in [-0.39, 0.29) is 43.8 Å². The van der Waals surface area contributed by atoms with E-state index >= 15 is 0 Å². The van der Waals surface area contributed by atoms with E-state index in [1.165, 1.54) is 4.31 Å². The van der Waals surface area contributed by atoms with E-state index < -0.39 is 16.1 Å². The van der Waals surface area contributed by atoms with E-state index in [1.807, 2.05) is 63.2 Å². The van der Waals surface area contributed by atoms with Crippen LogP contribution >= 0.6 is 11.6 Å². The second-order valence-corrected chi connectivity index (χ2v) is 12.7. The van der Waals surface area contributed by atoms with Gasteiger partial charge >= 0.3 is 0 Å². The normalized spacial score (nSPS) is 12.0. The molecule has 0 radical (unpaired) electrons. The lowest BCUT2D eigenvalue weighted by Gasteiger charge is -2.32. The van der Waals surface area contributed by atoms with Crippen LogP contribution in [-0.2, 0) is 32.6 Å². The summed E-state index contributed by atoms with van der Waals surface area (Å²) in [6, 6.07) is 22.7. The number of rotatable bonds is 15. The number of hydrogen-bond acceptors (Lipinski definition) is 5. The van der Waals surface area contributed by atoms with Crippen LogP contribution in [0, 0.1) is 0 Å². The van der Waals surface area contributed by atoms with Crippen LogP contribution in [0.25, 0.3) is 0 Å². The molecule has 10 heteroatoms. The van der Waals surface area contributed by atoms with Gasteiger partial charge in [-0.1, -0.05) is 54.1 Å². The number of carbonyl (C=O) groups excluding carboxylic acids is 2. The van der Waals surface area contributed by atoms with Gasteiger partial charge in [-0.05, 0) is 74.7 Å². The third kappa shape index (κ3) is 10.1. The highest BCUT2D eigenvalue weighted by Gasteiger charge is 2.31. The minimum atomic E-state index is -3.61. The molecule has 0 aliphatic carbocycles. The Morgan fingerprint density at radius 3 is 2.14 bits per heavy atom. The van der Waals surface area contributed by atoms with Crippen molar-refractivity contribution in [1.29, 1.82) is 0 Å². The number of sulfonamides is 1. The molecule has 0 aliphatic rings. The second kappa shape index (κ2) is 15.6. The smallest absolute Gasteiger partial charge is 0.243 e. The van der Waals surface area contributed by atoms with Crippen LogP contribution in [0.2, 0.25) is 5.02 Å². The van der Waals surface area contributed by atoms with Crippen molar-refractivity contribution in [2.24, 2.45) is 0 Å². The van der Waals surface area contributed by atoms with Gasteiger partial charge in [0.05, 0.1) is 18.6 Å². The summed E-state index contributed by atoms with van der Waals surface area (Å²) in [7, 11) is -3.61. The Hall–Kier alpha value is -3.56. The van der Waals surface area contributed by atoms with Gasteiger partial charge in [-0.2, -0.15) is 0 Å². The molecule has 0 saturated carbocycles. The third-order valence-electron chi connectivity index (χ3n) is 6.56. The van der Waals surface area contributed by atoms with Gasteiger partial charge in [-0.15, -0.1) is 0 Å². The molecule has 3 aromatic carbocycles. The van der Waals surface area contributed by atoms with Crippen molar-refractivity contribution < 1.29 is 22.7 Å². The van der Waals surface area contributed by atoms with Crippen LogP contribution in [-0.4, -0.2) is 56.6 Å². The van der Waals surface area contributed by atoms with Crippen LogP contribution in [0.3, 0.4) is 0 Å². The largest absolute Gasteiger partial charge is 0.494 e. The highest BCUT2D eigenvalue weighted by molar-refractivity contribution is 7.92. The lowest BCUT2D eigenvalue weighted by molar-refractivity contribution is -0.141. The fourth-order valence-electron chi connectivity index (χ4n) is 4.60. The molecule has 0 aromatic heterocycles. The first-order chi connectivity index (χ1) is 20.0. The highest BCUT2D eigenvalue weighted by atomic mass is 35.5. The van der Waals surface area contributed by atoms with Gasteiger partial charge in [0.25, 0.3) is 0 Å². The number of nitrogens with one attached hydrogen (secondary N) is 1. The summed E-state index contributed by atoms with van der Waals surface area (Å²) in [5, 5.41) is 3.55. The number of carbonyl (C=O) groups is 2. The summed E-state index contributed by atoms with van der Waals surface area (Å²) >= 11 is 6.09. The zero-order valence-electron chi connectivity index (χ0n) is 24.6. The molecule has 3 aromatic rings. The molecule has 42 heavy (non-hydrogen) atoms. The van der Waals surface area contributed by atoms with Crippen molar-refractivity contribution in [1.82, 2.24) is 10.2 Å². The minimum absolute atomic E-state index is 0.0525. The van der Waals surface area contributed by atoms with Crippen molar-refractivity contribution in [3.05, 3.63) is 95.0 Å². The van der Waals surface area contributed by atoms with Crippen LogP contribution in [0.5, 0.6) is 5.75 Å². The molecule has 0 unspecified atom stereocenters. The number of benzene rings is 3. The number of halogens is 1. The molecule has 8 nitrogen and oxygen atoms in total. The minimum Gasteiger partial charge on any atom is -0.494 e. The predicted molar refractivity (Wildman–Crippen MR) is 168 cm³/mol. The molecule has 0 aliphatic heterocycles. The Balaban J connectivity index is 1.85. The number of hydrogen-bond donors (Lipinski definition) is 1. The molecule has 3 rings (SSSR count). The molecule has 1 atom stereocenters. The standard InChI is InChI=1S/C32H40ClN3O5S/c1-5-41-29-19-17-28(18-20-29)36(42(4,39)40)21-9-12-31(37)35(23-26-13-15-27(33)16-14-26)30(32(38)34-24(2)3)22-25-10-7-6-8-11-25/h6-8,10-11,13-20,24,30H,5,9,12,21-23H2,1-4H3,(H,34,38)/t30-/m0/s1. The average Bonchev–Trinajstić information content (AvgIpc) is 2.94. The average molecular weight is 614 g/mol.